The molecule has 0 aromatic heterocycles. The van der Waals surface area contributed by atoms with E-state index < -0.39 is 28.5 Å². The number of nitrogens with zero attached hydrogens (tertiary/aromatic N) is 2. The number of rotatable bonds is 11. The fourth-order valence-corrected chi connectivity index (χ4v) is 6.42. The molecule has 0 aliphatic heterocycles. The van der Waals surface area contributed by atoms with Crippen molar-refractivity contribution in [2.24, 2.45) is 0 Å². The number of likely N-dealkylation sites (N-methyl/N-ethyl adjacent to an activating group) is 1. The van der Waals surface area contributed by atoms with Crippen LogP contribution >= 0.6 is 11.6 Å². The molecule has 9 heteroatoms. The maximum absolute atomic E-state index is 14.3. The van der Waals surface area contributed by atoms with Crippen molar-refractivity contribution in [1.82, 2.24) is 10.2 Å². The fourth-order valence-electron chi connectivity index (χ4n) is 4.82. The molecule has 0 unspecified atom stereocenters. The van der Waals surface area contributed by atoms with Gasteiger partial charge in [-0.2, -0.15) is 0 Å². The third kappa shape index (κ3) is 7.38. The van der Waals surface area contributed by atoms with E-state index in [1.165, 1.54) is 36.2 Å². The molecule has 0 bridgehead atoms. The van der Waals surface area contributed by atoms with Crippen molar-refractivity contribution < 1.29 is 18.0 Å². The van der Waals surface area contributed by atoms with Crippen LogP contribution in [0.1, 0.15) is 22.3 Å². The van der Waals surface area contributed by atoms with Crippen molar-refractivity contribution in [2.45, 2.75) is 37.8 Å². The van der Waals surface area contributed by atoms with Gasteiger partial charge in [-0.05, 0) is 60.9 Å². The summed E-state index contributed by atoms with van der Waals surface area (Å²) in [6.45, 7) is 3.35. The zero-order valence-corrected chi connectivity index (χ0v) is 25.4. The molecule has 0 spiro atoms. The van der Waals surface area contributed by atoms with Gasteiger partial charge in [0.15, 0.2) is 0 Å². The Kier molecular flexibility index (Phi) is 10.0. The van der Waals surface area contributed by atoms with Crippen LogP contribution in [0.15, 0.2) is 108 Å². The number of benzene rings is 4. The van der Waals surface area contributed by atoms with Crippen LogP contribution in [0.2, 0.25) is 5.02 Å². The summed E-state index contributed by atoms with van der Waals surface area (Å²) < 4.78 is 29.2. The van der Waals surface area contributed by atoms with Crippen LogP contribution in [0, 0.1) is 13.8 Å². The summed E-state index contributed by atoms with van der Waals surface area (Å²) in [6, 6.07) is 29.1. The van der Waals surface area contributed by atoms with E-state index in [1.54, 1.807) is 31.2 Å². The van der Waals surface area contributed by atoms with Gasteiger partial charge in [0.25, 0.3) is 10.0 Å². The van der Waals surface area contributed by atoms with Crippen LogP contribution in [0.5, 0.6) is 0 Å². The summed E-state index contributed by atoms with van der Waals surface area (Å²) in [5.41, 5.74) is 3.76. The highest BCUT2D eigenvalue weighted by Crippen LogP contribution is 2.28. The molecule has 4 rings (SSSR count). The number of para-hydroxylation sites is 1. The van der Waals surface area contributed by atoms with Gasteiger partial charge in [-0.1, -0.05) is 90.0 Å². The van der Waals surface area contributed by atoms with Crippen molar-refractivity contribution in [1.29, 1.82) is 0 Å². The predicted molar refractivity (Wildman–Crippen MR) is 167 cm³/mol. The van der Waals surface area contributed by atoms with Crippen molar-refractivity contribution in [2.75, 3.05) is 17.9 Å². The molecule has 0 radical (unpaired) electrons. The molecule has 4 aromatic carbocycles. The van der Waals surface area contributed by atoms with Crippen LogP contribution in [0.25, 0.3) is 0 Å². The lowest BCUT2D eigenvalue weighted by atomic mass is 10.0. The normalized spacial score (nSPS) is 11.9. The Bertz CT molecular complexity index is 1640. The average Bonchev–Trinajstić information content (AvgIpc) is 2.98. The molecule has 0 aliphatic rings. The Morgan fingerprint density at radius 3 is 2.12 bits per heavy atom. The number of carbonyl (C=O) groups excluding carboxylic acids is 2. The van der Waals surface area contributed by atoms with E-state index in [1.807, 2.05) is 61.5 Å². The minimum atomic E-state index is -4.19. The Labute approximate surface area is 252 Å². The third-order valence-corrected chi connectivity index (χ3v) is 9.04. The molecule has 7 nitrogen and oxygen atoms in total. The maximum Gasteiger partial charge on any atom is 0.264 e. The first kappa shape index (κ1) is 30.8. The number of sulfonamides is 1. The Balaban J connectivity index is 1.80. The van der Waals surface area contributed by atoms with E-state index in [9.17, 15) is 18.0 Å². The third-order valence-electron chi connectivity index (χ3n) is 7.02. The second kappa shape index (κ2) is 13.7. The van der Waals surface area contributed by atoms with Gasteiger partial charge in [-0.3, -0.25) is 13.9 Å². The van der Waals surface area contributed by atoms with Gasteiger partial charge in [0.05, 0.1) is 10.6 Å². The number of halogens is 1. The minimum Gasteiger partial charge on any atom is -0.357 e. The van der Waals surface area contributed by atoms with Gasteiger partial charge >= 0.3 is 0 Å². The number of aryl methyl sites for hydroxylation is 2. The highest BCUT2D eigenvalue weighted by Gasteiger charge is 2.34. The molecule has 0 heterocycles. The second-order valence-corrected chi connectivity index (χ2v) is 12.4. The SMILES string of the molecule is CNC(=O)[C@H](Cc1ccccc1)N(Cc1cccc(C)c1)C(=O)CN(c1ccccc1C)S(=O)(=O)c1ccc(Cl)cc1. The van der Waals surface area contributed by atoms with Gasteiger partial charge < -0.3 is 10.2 Å². The topological polar surface area (TPSA) is 86.8 Å². The van der Waals surface area contributed by atoms with Crippen LogP contribution in [0.3, 0.4) is 0 Å². The molecule has 218 valence electrons. The summed E-state index contributed by atoms with van der Waals surface area (Å²) in [4.78, 5) is 29.1. The maximum atomic E-state index is 14.3. The lowest BCUT2D eigenvalue weighted by molar-refractivity contribution is -0.139. The summed E-state index contributed by atoms with van der Waals surface area (Å²) in [6.07, 6.45) is 0.256. The molecule has 2 amide bonds. The van der Waals surface area contributed by atoms with E-state index >= 15 is 0 Å². The van der Waals surface area contributed by atoms with E-state index in [4.69, 9.17) is 11.6 Å². The van der Waals surface area contributed by atoms with Crippen LogP contribution in [-0.2, 0) is 32.6 Å². The average molecular weight is 604 g/mol. The van der Waals surface area contributed by atoms with Gasteiger partial charge in [0.1, 0.15) is 12.6 Å². The Morgan fingerprint density at radius 1 is 0.833 bits per heavy atom. The molecular formula is C33H34ClN3O4S. The number of amides is 2. The quantitative estimate of drug-likeness (QED) is 0.244. The smallest absolute Gasteiger partial charge is 0.264 e. The molecule has 0 aliphatic carbocycles. The first-order valence-electron chi connectivity index (χ1n) is 13.5. The Morgan fingerprint density at radius 2 is 1.48 bits per heavy atom. The first-order valence-corrected chi connectivity index (χ1v) is 15.4. The van der Waals surface area contributed by atoms with Crippen LogP contribution < -0.4 is 9.62 Å². The van der Waals surface area contributed by atoms with Crippen molar-refractivity contribution >= 4 is 39.1 Å². The first-order chi connectivity index (χ1) is 20.1. The zero-order valence-electron chi connectivity index (χ0n) is 23.8. The highest BCUT2D eigenvalue weighted by atomic mass is 35.5. The standard InChI is InChI=1S/C33H34ClN3O4S/c1-24-10-9-14-27(20-24)22-36(31(33(39)35-3)21-26-12-5-4-6-13-26)32(38)23-37(30-15-8-7-11-25(30)2)42(40,41)29-18-16-28(34)17-19-29/h4-20,31H,21-23H2,1-3H3,(H,35,39)/t31-/m0/s1. The number of nitrogens with one attached hydrogen (secondary N) is 1. The largest absolute Gasteiger partial charge is 0.357 e. The molecule has 42 heavy (non-hydrogen) atoms. The second-order valence-electron chi connectivity index (χ2n) is 10.1. The molecule has 0 fully saturated rings. The van der Waals surface area contributed by atoms with E-state index in [0.29, 0.717) is 16.3 Å². The number of hydrogen-bond acceptors (Lipinski definition) is 4. The van der Waals surface area contributed by atoms with Gasteiger partial charge in [-0.25, -0.2) is 8.42 Å². The van der Waals surface area contributed by atoms with E-state index in [-0.39, 0.29) is 23.8 Å². The summed E-state index contributed by atoms with van der Waals surface area (Å²) in [5.74, 6) is -0.857. The number of carbonyl (C=O) groups is 2. The van der Waals surface area contributed by atoms with E-state index in [2.05, 4.69) is 5.32 Å². The fraction of sp³-hybridized carbons (Fsp3) is 0.212. The Hall–Kier alpha value is -4.14. The zero-order chi connectivity index (χ0) is 30.3. The lowest BCUT2D eigenvalue weighted by Gasteiger charge is -2.34. The van der Waals surface area contributed by atoms with Crippen molar-refractivity contribution in [3.05, 3.63) is 130 Å². The molecule has 0 saturated heterocycles. The predicted octanol–water partition coefficient (Wildman–Crippen LogP) is 5.54. The molecule has 1 N–H and O–H groups in total. The monoisotopic (exact) mass is 603 g/mol. The number of anilines is 1. The summed E-state index contributed by atoms with van der Waals surface area (Å²) >= 11 is 6.04. The summed E-state index contributed by atoms with van der Waals surface area (Å²) in [7, 11) is -2.66. The van der Waals surface area contributed by atoms with Crippen molar-refractivity contribution in [3.63, 3.8) is 0 Å². The van der Waals surface area contributed by atoms with Gasteiger partial charge in [0.2, 0.25) is 11.8 Å². The molecule has 1 atom stereocenters. The summed E-state index contributed by atoms with van der Waals surface area (Å²) in [5, 5.41) is 3.09. The molecule has 4 aromatic rings. The van der Waals surface area contributed by atoms with Crippen LogP contribution in [-0.4, -0.2) is 44.8 Å². The van der Waals surface area contributed by atoms with Gasteiger partial charge in [0, 0.05) is 25.0 Å². The van der Waals surface area contributed by atoms with Crippen LogP contribution in [0.4, 0.5) is 5.69 Å². The lowest BCUT2D eigenvalue weighted by Crippen LogP contribution is -2.53. The molecular weight excluding hydrogens is 570 g/mol. The van der Waals surface area contributed by atoms with Crippen molar-refractivity contribution in [3.8, 4) is 0 Å². The number of hydrogen-bond donors (Lipinski definition) is 1. The van der Waals surface area contributed by atoms with Gasteiger partial charge in [-0.15, -0.1) is 0 Å². The highest BCUT2D eigenvalue weighted by molar-refractivity contribution is 7.92. The molecule has 0 saturated carbocycles. The van der Waals surface area contributed by atoms with E-state index in [0.717, 1.165) is 21.0 Å². The minimum absolute atomic E-state index is 0.000300.